The van der Waals surface area contributed by atoms with Crippen LogP contribution in [0.5, 0.6) is 0 Å². The van der Waals surface area contributed by atoms with Crippen LogP contribution in [0.25, 0.3) is 11.5 Å². The molecule has 1 atom stereocenters. The van der Waals surface area contributed by atoms with E-state index in [2.05, 4.69) is 41.5 Å². The number of hydrogen-bond donors (Lipinski definition) is 1. The Bertz CT molecular complexity index is 1160. The number of oxazole rings is 1. The number of aromatic nitrogens is 1. The Morgan fingerprint density at radius 2 is 1.62 bits per heavy atom. The van der Waals surface area contributed by atoms with Crippen LogP contribution in [0.15, 0.2) is 94.2 Å². The number of nitrogens with zero attached hydrogens (tertiary/aromatic N) is 1. The maximum absolute atomic E-state index is 12.6. The lowest BCUT2D eigenvalue weighted by atomic mass is 10.0. The summed E-state index contributed by atoms with van der Waals surface area (Å²) < 4.78 is 5.89. The lowest BCUT2D eigenvalue weighted by Gasteiger charge is -2.13. The van der Waals surface area contributed by atoms with E-state index in [0.29, 0.717) is 18.0 Å². The summed E-state index contributed by atoms with van der Waals surface area (Å²) in [5, 5.41) is 3.02. The average molecular weight is 443 g/mol. The Labute approximate surface area is 193 Å². The summed E-state index contributed by atoms with van der Waals surface area (Å²) in [6.07, 6.45) is 0. The molecule has 4 rings (SSSR count). The van der Waals surface area contributed by atoms with Gasteiger partial charge in [-0.15, -0.1) is 11.8 Å². The van der Waals surface area contributed by atoms with Crippen LogP contribution in [0.2, 0.25) is 0 Å². The fraction of sp³-hybridized carbons (Fsp3) is 0.185. The number of benzene rings is 3. The Balaban J connectivity index is 1.36. The summed E-state index contributed by atoms with van der Waals surface area (Å²) in [6, 6.07) is 27.8. The number of amides is 1. The van der Waals surface area contributed by atoms with E-state index in [-0.39, 0.29) is 11.8 Å². The largest absolute Gasteiger partial charge is 0.441 e. The average Bonchev–Trinajstić information content (AvgIpc) is 3.22. The first kappa shape index (κ1) is 21.9. The zero-order chi connectivity index (χ0) is 22.3. The van der Waals surface area contributed by atoms with Crippen LogP contribution in [0.4, 0.5) is 0 Å². The second-order valence-electron chi connectivity index (χ2n) is 7.72. The number of nitrogens with one attached hydrogen (secondary N) is 1. The van der Waals surface area contributed by atoms with Crippen molar-refractivity contribution in [2.75, 3.05) is 6.54 Å². The number of carbonyl (C=O) groups excluding carboxylic acids is 1. The second kappa shape index (κ2) is 10.3. The maximum Gasteiger partial charge on any atom is 0.251 e. The Hall–Kier alpha value is -3.31. The van der Waals surface area contributed by atoms with Crippen molar-refractivity contribution in [1.82, 2.24) is 10.3 Å². The van der Waals surface area contributed by atoms with Crippen molar-refractivity contribution >= 4 is 17.7 Å². The summed E-state index contributed by atoms with van der Waals surface area (Å²) in [4.78, 5) is 18.4. The highest BCUT2D eigenvalue weighted by Crippen LogP contribution is 2.27. The van der Waals surface area contributed by atoms with E-state index in [1.54, 1.807) is 11.8 Å². The van der Waals surface area contributed by atoms with Crippen molar-refractivity contribution in [3.05, 3.63) is 108 Å². The number of hydrogen-bond acceptors (Lipinski definition) is 4. The van der Waals surface area contributed by atoms with Gasteiger partial charge in [0.15, 0.2) is 0 Å². The molecule has 0 bridgehead atoms. The molecule has 0 saturated carbocycles. The minimum absolute atomic E-state index is 0.0807. The molecule has 1 aromatic heterocycles. The van der Waals surface area contributed by atoms with E-state index in [4.69, 9.17) is 4.42 Å². The molecular weight excluding hydrogens is 416 g/mol. The molecule has 4 aromatic rings. The van der Waals surface area contributed by atoms with Crippen LogP contribution in [0.1, 0.15) is 40.2 Å². The minimum Gasteiger partial charge on any atom is -0.441 e. The van der Waals surface area contributed by atoms with E-state index in [0.717, 1.165) is 22.8 Å². The topological polar surface area (TPSA) is 55.1 Å². The maximum atomic E-state index is 12.6. The zero-order valence-corrected chi connectivity index (χ0v) is 19.1. The highest BCUT2D eigenvalue weighted by atomic mass is 32.2. The van der Waals surface area contributed by atoms with Crippen molar-refractivity contribution in [3.8, 4) is 11.5 Å². The van der Waals surface area contributed by atoms with Gasteiger partial charge in [-0.25, -0.2) is 4.98 Å². The molecule has 4 nitrogen and oxygen atoms in total. The molecule has 5 heteroatoms. The Kier molecular flexibility index (Phi) is 7.07. The van der Waals surface area contributed by atoms with Crippen molar-refractivity contribution in [1.29, 1.82) is 0 Å². The fourth-order valence-electron chi connectivity index (χ4n) is 3.37. The number of rotatable bonds is 8. The van der Waals surface area contributed by atoms with Crippen LogP contribution < -0.4 is 5.32 Å². The van der Waals surface area contributed by atoms with Gasteiger partial charge in [0.25, 0.3) is 5.91 Å². The summed E-state index contributed by atoms with van der Waals surface area (Å²) in [7, 11) is 0. The van der Waals surface area contributed by atoms with E-state index in [1.165, 1.54) is 10.5 Å². The molecule has 1 N–H and O–H groups in total. The Morgan fingerprint density at radius 1 is 0.969 bits per heavy atom. The molecule has 0 radical (unpaired) electrons. The van der Waals surface area contributed by atoms with Gasteiger partial charge in [-0.3, -0.25) is 4.79 Å². The van der Waals surface area contributed by atoms with Crippen molar-refractivity contribution in [2.24, 2.45) is 0 Å². The van der Waals surface area contributed by atoms with Crippen LogP contribution in [-0.4, -0.2) is 17.4 Å². The first-order valence-electron chi connectivity index (χ1n) is 10.7. The zero-order valence-electron chi connectivity index (χ0n) is 18.2. The molecule has 162 valence electrons. The molecule has 32 heavy (non-hydrogen) atoms. The van der Waals surface area contributed by atoms with Crippen molar-refractivity contribution in [3.63, 3.8) is 0 Å². The molecule has 0 saturated heterocycles. The monoisotopic (exact) mass is 442 g/mol. The van der Waals surface area contributed by atoms with Gasteiger partial charge in [0, 0.05) is 28.3 Å². The SMILES string of the molecule is Cc1oc(-c2ccc(C(=O)NCC(C)c3ccccc3)cc2)nc1CSc1ccccc1. The fourth-order valence-corrected chi connectivity index (χ4v) is 4.29. The van der Waals surface area contributed by atoms with E-state index >= 15 is 0 Å². The van der Waals surface area contributed by atoms with Gasteiger partial charge in [-0.1, -0.05) is 55.5 Å². The molecule has 3 aromatic carbocycles. The van der Waals surface area contributed by atoms with E-state index in [1.807, 2.05) is 67.6 Å². The molecule has 0 aliphatic rings. The third-order valence-electron chi connectivity index (χ3n) is 5.34. The van der Waals surface area contributed by atoms with Crippen molar-refractivity contribution in [2.45, 2.75) is 30.4 Å². The quantitative estimate of drug-likeness (QED) is 0.318. The van der Waals surface area contributed by atoms with E-state index < -0.39 is 0 Å². The predicted octanol–water partition coefficient (Wildman–Crippen LogP) is 6.48. The first-order chi connectivity index (χ1) is 15.6. The third kappa shape index (κ3) is 5.48. The van der Waals surface area contributed by atoms with Gasteiger partial charge >= 0.3 is 0 Å². The van der Waals surface area contributed by atoms with Crippen LogP contribution in [0.3, 0.4) is 0 Å². The van der Waals surface area contributed by atoms with Crippen LogP contribution in [0, 0.1) is 6.92 Å². The van der Waals surface area contributed by atoms with E-state index in [9.17, 15) is 4.79 Å². The Morgan fingerprint density at radius 3 is 2.31 bits per heavy atom. The van der Waals surface area contributed by atoms with Gasteiger partial charge in [0.2, 0.25) is 5.89 Å². The highest BCUT2D eigenvalue weighted by molar-refractivity contribution is 7.98. The lowest BCUT2D eigenvalue weighted by Crippen LogP contribution is -2.27. The highest BCUT2D eigenvalue weighted by Gasteiger charge is 2.14. The number of carbonyl (C=O) groups is 1. The van der Waals surface area contributed by atoms with Crippen LogP contribution in [-0.2, 0) is 5.75 Å². The molecule has 0 spiro atoms. The molecule has 1 unspecified atom stereocenters. The molecule has 0 aliphatic heterocycles. The van der Waals surface area contributed by atoms with Gasteiger partial charge in [0.1, 0.15) is 5.76 Å². The molecule has 1 amide bonds. The van der Waals surface area contributed by atoms with Gasteiger partial charge in [-0.05, 0) is 54.8 Å². The third-order valence-corrected chi connectivity index (χ3v) is 6.37. The summed E-state index contributed by atoms with van der Waals surface area (Å²) in [5.41, 5.74) is 3.63. The number of aryl methyl sites for hydroxylation is 1. The summed E-state index contributed by atoms with van der Waals surface area (Å²) in [5.74, 6) is 2.32. The second-order valence-corrected chi connectivity index (χ2v) is 8.77. The standard InChI is InChI=1S/C27H26N2O2S/c1-19(21-9-5-3-6-10-21)17-28-26(30)22-13-15-23(16-14-22)27-29-25(20(2)31-27)18-32-24-11-7-4-8-12-24/h3-16,19H,17-18H2,1-2H3,(H,28,30). The first-order valence-corrected chi connectivity index (χ1v) is 11.7. The molecule has 0 fully saturated rings. The van der Waals surface area contributed by atoms with Crippen LogP contribution >= 0.6 is 11.8 Å². The normalized spacial score (nSPS) is 11.8. The minimum atomic E-state index is -0.0807. The summed E-state index contributed by atoms with van der Waals surface area (Å²) >= 11 is 1.73. The lowest BCUT2D eigenvalue weighted by molar-refractivity contribution is 0.0951. The molecular formula is C27H26N2O2S. The van der Waals surface area contributed by atoms with Gasteiger partial charge in [0.05, 0.1) is 5.69 Å². The summed E-state index contributed by atoms with van der Waals surface area (Å²) in [6.45, 7) is 4.64. The molecule has 0 aliphatic carbocycles. The van der Waals surface area contributed by atoms with Gasteiger partial charge in [-0.2, -0.15) is 0 Å². The predicted molar refractivity (Wildman–Crippen MR) is 130 cm³/mol. The molecule has 1 heterocycles. The number of thioether (sulfide) groups is 1. The smallest absolute Gasteiger partial charge is 0.251 e. The van der Waals surface area contributed by atoms with Crippen molar-refractivity contribution < 1.29 is 9.21 Å². The van der Waals surface area contributed by atoms with Gasteiger partial charge < -0.3 is 9.73 Å².